The van der Waals surface area contributed by atoms with Crippen molar-refractivity contribution in [3.8, 4) is 6.19 Å². The monoisotopic (exact) mass is 481 g/mol. The fraction of sp³-hybridized carbons (Fsp3) is 0.500. The van der Waals surface area contributed by atoms with Crippen molar-refractivity contribution in [1.29, 1.82) is 5.26 Å². The number of halogens is 1. The van der Waals surface area contributed by atoms with Crippen LogP contribution in [0, 0.1) is 23.2 Å². The van der Waals surface area contributed by atoms with Crippen LogP contribution in [0.3, 0.4) is 0 Å². The highest BCUT2D eigenvalue weighted by Crippen LogP contribution is 2.31. The molecule has 12 heteroatoms. The van der Waals surface area contributed by atoms with Crippen LogP contribution in [0.25, 0.3) is 0 Å². The number of carbonyl (C=O) groups is 3. The maximum Gasteiger partial charge on any atom is 0.414 e. The van der Waals surface area contributed by atoms with Gasteiger partial charge in [-0.25, -0.2) is 9.18 Å². The quantitative estimate of drug-likeness (QED) is 0.267. The number of amides is 3. The second-order valence-electron chi connectivity index (χ2n) is 7.66. The molecule has 0 saturated carbocycles. The van der Waals surface area contributed by atoms with Crippen LogP contribution in [0.4, 0.5) is 20.6 Å². The minimum atomic E-state index is -0.549. The van der Waals surface area contributed by atoms with E-state index in [1.54, 1.807) is 18.3 Å². The number of thiol groups is 1. The van der Waals surface area contributed by atoms with Gasteiger partial charge in [-0.15, -0.1) is 0 Å². The molecule has 0 aromatic heterocycles. The maximum atomic E-state index is 14.9. The van der Waals surface area contributed by atoms with E-state index in [1.165, 1.54) is 17.9 Å². The molecule has 1 atom stereocenters. The second-order valence-corrected chi connectivity index (χ2v) is 8.89. The van der Waals surface area contributed by atoms with Crippen LogP contribution in [-0.2, 0) is 14.3 Å². The molecule has 2 heterocycles. The van der Waals surface area contributed by atoms with Crippen LogP contribution in [0.15, 0.2) is 18.2 Å². The maximum absolute atomic E-state index is 14.9. The number of anilines is 2. The lowest BCUT2D eigenvalue weighted by Gasteiger charge is -2.34. The number of nitriles is 1. The van der Waals surface area contributed by atoms with Gasteiger partial charge >= 0.3 is 6.09 Å². The Kier molecular flexibility index (Phi) is 8.09. The third-order valence-electron chi connectivity index (χ3n) is 5.35. The van der Waals surface area contributed by atoms with Crippen LogP contribution in [0.1, 0.15) is 26.2 Å². The predicted octanol–water partition coefficient (Wildman–Crippen LogP) is 2.70. The minimum absolute atomic E-state index is 0.121. The smallest absolute Gasteiger partial charge is 0.414 e. The molecule has 2 aliphatic heterocycles. The number of nitrogens with zero attached hydrogens (tertiary/aromatic N) is 4. The van der Waals surface area contributed by atoms with E-state index in [-0.39, 0.29) is 30.7 Å². The van der Waals surface area contributed by atoms with Gasteiger partial charge in [-0.2, -0.15) is 9.57 Å². The van der Waals surface area contributed by atoms with Gasteiger partial charge in [0.25, 0.3) is 0 Å². The zero-order valence-corrected chi connectivity index (χ0v) is 19.2. The van der Waals surface area contributed by atoms with Gasteiger partial charge < -0.3 is 14.4 Å². The molecule has 3 amide bonds. The molecule has 1 aromatic rings. The van der Waals surface area contributed by atoms with Gasteiger partial charge in [-0.3, -0.25) is 14.5 Å². The molecule has 1 aromatic carbocycles. The first-order chi connectivity index (χ1) is 15.3. The van der Waals surface area contributed by atoms with Crippen LogP contribution in [0.2, 0.25) is 0 Å². The lowest BCUT2D eigenvalue weighted by molar-refractivity contribution is -0.125. The van der Waals surface area contributed by atoms with Crippen molar-refractivity contribution >= 4 is 54.0 Å². The number of nitrogens with one attached hydrogen (secondary N) is 1. The molecule has 2 saturated heterocycles. The molecule has 32 heavy (non-hydrogen) atoms. The van der Waals surface area contributed by atoms with E-state index in [0.717, 1.165) is 16.3 Å². The van der Waals surface area contributed by atoms with Crippen molar-refractivity contribution in [2.45, 2.75) is 32.3 Å². The molecule has 0 radical (unpaired) electrons. The highest BCUT2D eigenvalue weighted by atomic mass is 32.2. The third kappa shape index (κ3) is 5.98. The van der Waals surface area contributed by atoms with E-state index in [2.05, 4.69) is 17.5 Å². The van der Waals surface area contributed by atoms with E-state index in [0.29, 0.717) is 43.1 Å². The zero-order chi connectivity index (χ0) is 23.3. The molecular weight excluding hydrogens is 457 g/mol. The zero-order valence-electron chi connectivity index (χ0n) is 17.5. The topological polar surface area (TPSA) is 106 Å². The third-order valence-corrected chi connectivity index (χ3v) is 6.63. The molecule has 0 unspecified atom stereocenters. The predicted molar refractivity (Wildman–Crippen MR) is 121 cm³/mol. The van der Waals surface area contributed by atoms with Crippen LogP contribution in [-0.4, -0.2) is 53.7 Å². The molecule has 0 bridgehead atoms. The summed E-state index contributed by atoms with van der Waals surface area (Å²) in [5.74, 6) is -0.437. The van der Waals surface area contributed by atoms with Crippen molar-refractivity contribution in [3.63, 3.8) is 0 Å². The molecule has 0 spiro atoms. The van der Waals surface area contributed by atoms with Crippen LogP contribution < -0.4 is 14.5 Å². The largest absolute Gasteiger partial charge is 0.443 e. The average Bonchev–Trinajstić information content (AvgIpc) is 3.13. The van der Waals surface area contributed by atoms with Crippen molar-refractivity contribution in [2.75, 3.05) is 35.2 Å². The van der Waals surface area contributed by atoms with Gasteiger partial charge in [-0.1, -0.05) is 0 Å². The Balaban J connectivity index is 1.56. The minimum Gasteiger partial charge on any atom is -0.443 e. The number of rotatable bonds is 7. The first kappa shape index (κ1) is 24.0. The van der Waals surface area contributed by atoms with Gasteiger partial charge in [0.2, 0.25) is 11.8 Å². The average molecular weight is 482 g/mol. The normalized spacial score (nSPS) is 18.8. The van der Waals surface area contributed by atoms with E-state index in [1.807, 2.05) is 4.90 Å². The number of hydrogen-bond acceptors (Lipinski definition) is 8. The Morgan fingerprint density at radius 2 is 2.12 bits per heavy atom. The fourth-order valence-electron chi connectivity index (χ4n) is 3.74. The van der Waals surface area contributed by atoms with Gasteiger partial charge in [0.1, 0.15) is 11.9 Å². The summed E-state index contributed by atoms with van der Waals surface area (Å²) in [5.41, 5.74) is 0.853. The van der Waals surface area contributed by atoms with Gasteiger partial charge in [-0.05, 0) is 61.7 Å². The summed E-state index contributed by atoms with van der Waals surface area (Å²) >= 11 is 4.96. The Morgan fingerprint density at radius 3 is 2.75 bits per heavy atom. The van der Waals surface area contributed by atoms with Crippen molar-refractivity contribution < 1.29 is 23.5 Å². The number of benzene rings is 1. The number of cyclic esters (lactones) is 1. The van der Waals surface area contributed by atoms with Gasteiger partial charge in [0.15, 0.2) is 6.19 Å². The summed E-state index contributed by atoms with van der Waals surface area (Å²) < 4.78 is 23.5. The Labute approximate surface area is 195 Å². The lowest BCUT2D eigenvalue weighted by atomic mass is 9.93. The van der Waals surface area contributed by atoms with Gasteiger partial charge in [0, 0.05) is 26.4 Å². The number of carbonyl (C=O) groups excluding carboxylic acids is 3. The molecule has 1 N–H and O–H groups in total. The van der Waals surface area contributed by atoms with E-state index < -0.39 is 18.0 Å². The number of ether oxygens (including phenoxy) is 1. The van der Waals surface area contributed by atoms with E-state index >= 15 is 0 Å². The lowest BCUT2D eigenvalue weighted by Crippen LogP contribution is -2.35. The summed E-state index contributed by atoms with van der Waals surface area (Å²) in [4.78, 5) is 38.3. The standard InChI is InChI=1S/C20H24FN5O4S2/c1-13(27)23-32-11-16-10-25(20(29)30-16)15-2-3-18(17(21)9-15)24-6-4-14(5-7-24)8-19(28)26(31)12-22/h2-3,9,14,16,31H,4-8,10-11H2,1H3,(H,23,27)/t16-/m0/s1. The number of hydrogen-bond donors (Lipinski definition) is 2. The molecule has 2 aliphatic rings. The Hall–Kier alpha value is -2.65. The molecule has 3 rings (SSSR count). The van der Waals surface area contributed by atoms with Crippen molar-refractivity contribution in [2.24, 2.45) is 5.92 Å². The van der Waals surface area contributed by atoms with Crippen LogP contribution in [0.5, 0.6) is 0 Å². The van der Waals surface area contributed by atoms with E-state index in [9.17, 15) is 18.8 Å². The second kappa shape index (κ2) is 10.8. The van der Waals surface area contributed by atoms with Crippen LogP contribution >= 0.6 is 24.8 Å². The summed E-state index contributed by atoms with van der Waals surface area (Å²) in [6, 6.07) is 4.65. The van der Waals surface area contributed by atoms with E-state index in [4.69, 9.17) is 10.00 Å². The molecule has 9 nitrogen and oxygen atoms in total. The first-order valence-electron chi connectivity index (χ1n) is 10.1. The van der Waals surface area contributed by atoms with Crippen molar-refractivity contribution in [3.05, 3.63) is 24.0 Å². The summed E-state index contributed by atoms with van der Waals surface area (Å²) in [6.45, 7) is 2.84. The highest BCUT2D eigenvalue weighted by molar-refractivity contribution is 7.97. The SMILES string of the molecule is CC(=O)NSC[C@@H]1CN(c2ccc(N3CCC(CC(=O)N(S)C#N)CC3)c(F)c2)C(=O)O1. The summed E-state index contributed by atoms with van der Waals surface area (Å²) in [7, 11) is 0. The van der Waals surface area contributed by atoms with Gasteiger partial charge in [0.05, 0.1) is 23.7 Å². The molecular formula is C20H24FN5O4S2. The molecule has 0 aliphatic carbocycles. The Bertz CT molecular complexity index is 920. The first-order valence-corrected chi connectivity index (χ1v) is 11.5. The summed E-state index contributed by atoms with van der Waals surface area (Å²) in [6.07, 6.45) is 2.37. The fourth-order valence-corrected chi connectivity index (χ4v) is 4.47. The number of piperidine rings is 1. The molecule has 172 valence electrons. The summed E-state index contributed by atoms with van der Waals surface area (Å²) in [5, 5.41) is 8.73. The molecule has 2 fully saturated rings. The highest BCUT2D eigenvalue weighted by Gasteiger charge is 2.33. The Morgan fingerprint density at radius 1 is 1.41 bits per heavy atom. The van der Waals surface area contributed by atoms with Crippen molar-refractivity contribution in [1.82, 2.24) is 9.03 Å².